The van der Waals surface area contributed by atoms with Crippen LogP contribution in [0.15, 0.2) is 30.3 Å². The maximum absolute atomic E-state index is 12.9. The summed E-state index contributed by atoms with van der Waals surface area (Å²) in [6, 6.07) is 9.68. The largest absolute Gasteiger partial charge is 0.335 e. The molecule has 0 heterocycles. The van der Waals surface area contributed by atoms with E-state index in [0.717, 1.165) is 18.4 Å². The molecular weight excluding hydrogens is 310 g/mol. The Hall–Kier alpha value is -1.36. The van der Waals surface area contributed by atoms with E-state index in [0.29, 0.717) is 12.5 Å². The van der Waals surface area contributed by atoms with Crippen molar-refractivity contribution >= 4 is 15.7 Å². The Balaban J connectivity index is 2.25. The van der Waals surface area contributed by atoms with E-state index in [-0.39, 0.29) is 11.9 Å². The third-order valence-electron chi connectivity index (χ3n) is 4.68. The highest BCUT2D eigenvalue weighted by molar-refractivity contribution is 7.93. The van der Waals surface area contributed by atoms with Crippen LogP contribution in [0.2, 0.25) is 0 Å². The molecule has 2 rings (SSSR count). The Morgan fingerprint density at radius 1 is 1.13 bits per heavy atom. The Morgan fingerprint density at radius 3 is 2.17 bits per heavy atom. The molecule has 1 aromatic carbocycles. The summed E-state index contributed by atoms with van der Waals surface area (Å²) in [5.41, 5.74) is 1.04. The second-order valence-electron chi connectivity index (χ2n) is 6.80. The van der Waals surface area contributed by atoms with Gasteiger partial charge in [0.15, 0.2) is 9.84 Å². The number of rotatable bonds is 7. The van der Waals surface area contributed by atoms with Crippen LogP contribution in [0.4, 0.5) is 0 Å². The minimum Gasteiger partial charge on any atom is -0.335 e. The maximum atomic E-state index is 12.9. The summed E-state index contributed by atoms with van der Waals surface area (Å²) in [6.45, 7) is 7.41. The molecule has 1 amide bonds. The number of nitrogens with zero attached hydrogens (tertiary/aromatic N) is 1. The molecule has 1 aliphatic rings. The molecule has 0 aliphatic heterocycles. The molecule has 1 fully saturated rings. The van der Waals surface area contributed by atoms with Crippen LogP contribution < -0.4 is 0 Å². The molecule has 128 valence electrons. The average Bonchev–Trinajstić information content (AvgIpc) is 3.35. The lowest BCUT2D eigenvalue weighted by Crippen LogP contribution is -2.45. The number of carbonyl (C=O) groups is 1. The van der Waals surface area contributed by atoms with Gasteiger partial charge in [0.2, 0.25) is 5.91 Å². The second kappa shape index (κ2) is 7.04. The lowest BCUT2D eigenvalue weighted by Gasteiger charge is -2.32. The molecule has 5 heteroatoms. The van der Waals surface area contributed by atoms with Gasteiger partial charge in [-0.15, -0.1) is 0 Å². The fraction of sp³-hybridized carbons (Fsp3) is 0.611. The van der Waals surface area contributed by atoms with Gasteiger partial charge in [-0.1, -0.05) is 30.3 Å². The topological polar surface area (TPSA) is 54.5 Å². The molecule has 0 aromatic heterocycles. The lowest BCUT2D eigenvalue weighted by atomic mass is 10.1. The number of carbonyl (C=O) groups excluding carboxylic acids is 1. The molecule has 0 N–H and O–H groups in total. The van der Waals surface area contributed by atoms with Crippen molar-refractivity contribution in [3.8, 4) is 0 Å². The van der Waals surface area contributed by atoms with E-state index in [4.69, 9.17) is 0 Å². The molecule has 0 saturated heterocycles. The van der Waals surface area contributed by atoms with Gasteiger partial charge < -0.3 is 4.90 Å². The summed E-state index contributed by atoms with van der Waals surface area (Å²) in [5, 5.41) is -1.54. The Labute approximate surface area is 139 Å². The first-order valence-corrected chi connectivity index (χ1v) is 9.94. The molecule has 2 atom stereocenters. The molecule has 23 heavy (non-hydrogen) atoms. The van der Waals surface area contributed by atoms with Crippen molar-refractivity contribution < 1.29 is 13.2 Å². The van der Waals surface area contributed by atoms with E-state index >= 15 is 0 Å². The van der Waals surface area contributed by atoms with Crippen molar-refractivity contribution in [1.29, 1.82) is 0 Å². The maximum Gasteiger partial charge on any atom is 0.241 e. The van der Waals surface area contributed by atoms with Crippen molar-refractivity contribution in [2.75, 3.05) is 6.54 Å². The zero-order valence-electron chi connectivity index (χ0n) is 14.4. The predicted octanol–water partition coefficient (Wildman–Crippen LogP) is 3.20. The Kier molecular flexibility index (Phi) is 5.50. The average molecular weight is 337 g/mol. The van der Waals surface area contributed by atoms with Crippen LogP contribution in [0.3, 0.4) is 0 Å². The van der Waals surface area contributed by atoms with Gasteiger partial charge in [-0.25, -0.2) is 8.42 Å². The molecule has 0 unspecified atom stereocenters. The smallest absolute Gasteiger partial charge is 0.241 e. The van der Waals surface area contributed by atoms with E-state index in [2.05, 4.69) is 0 Å². The molecule has 0 spiro atoms. The summed E-state index contributed by atoms with van der Waals surface area (Å²) in [4.78, 5) is 14.7. The summed E-state index contributed by atoms with van der Waals surface area (Å²) < 4.78 is 24.8. The standard InChI is InChI=1S/C18H27NO3S/c1-13(2)23(21,22)15(4)18(20)19(12-16-10-11-16)14(3)17-8-6-5-7-9-17/h5-9,13-16H,10-12H2,1-4H3/t14-,15-/m1/s1. The quantitative estimate of drug-likeness (QED) is 0.768. The first kappa shape index (κ1) is 18.0. The highest BCUT2D eigenvalue weighted by Gasteiger charge is 2.37. The van der Waals surface area contributed by atoms with Crippen molar-refractivity contribution in [3.05, 3.63) is 35.9 Å². The molecule has 0 radical (unpaired) electrons. The van der Waals surface area contributed by atoms with Gasteiger partial charge in [0.05, 0.1) is 11.3 Å². The van der Waals surface area contributed by atoms with Crippen molar-refractivity contribution in [1.82, 2.24) is 4.90 Å². The van der Waals surface area contributed by atoms with Crippen molar-refractivity contribution in [3.63, 3.8) is 0 Å². The van der Waals surface area contributed by atoms with Crippen LogP contribution in [0, 0.1) is 5.92 Å². The first-order chi connectivity index (χ1) is 10.7. The van der Waals surface area contributed by atoms with E-state index in [1.807, 2.05) is 37.3 Å². The van der Waals surface area contributed by atoms with Gasteiger partial charge in [-0.05, 0) is 52.0 Å². The molecule has 0 bridgehead atoms. The highest BCUT2D eigenvalue weighted by Crippen LogP contribution is 2.33. The van der Waals surface area contributed by atoms with E-state index in [9.17, 15) is 13.2 Å². The minimum absolute atomic E-state index is 0.117. The third-order valence-corrected chi connectivity index (χ3v) is 7.18. The van der Waals surface area contributed by atoms with Crippen LogP contribution in [-0.2, 0) is 14.6 Å². The van der Waals surface area contributed by atoms with Crippen LogP contribution in [0.1, 0.15) is 52.1 Å². The number of hydrogen-bond acceptors (Lipinski definition) is 3. The molecule has 1 aromatic rings. The number of amides is 1. The normalized spacial score (nSPS) is 17.8. The van der Waals surface area contributed by atoms with Crippen LogP contribution in [-0.4, -0.2) is 36.3 Å². The Morgan fingerprint density at radius 2 is 1.70 bits per heavy atom. The number of sulfone groups is 1. The van der Waals surface area contributed by atoms with Gasteiger partial charge in [0, 0.05) is 6.54 Å². The minimum atomic E-state index is -3.44. The summed E-state index contributed by atoms with van der Waals surface area (Å²) in [6.07, 6.45) is 2.24. The fourth-order valence-corrected chi connectivity index (χ4v) is 3.94. The highest BCUT2D eigenvalue weighted by atomic mass is 32.2. The summed E-state index contributed by atoms with van der Waals surface area (Å²) in [5.74, 6) is 0.237. The second-order valence-corrected chi connectivity index (χ2v) is 9.63. The van der Waals surface area contributed by atoms with Gasteiger partial charge >= 0.3 is 0 Å². The van der Waals surface area contributed by atoms with Crippen molar-refractivity contribution in [2.24, 2.45) is 5.92 Å². The van der Waals surface area contributed by atoms with Gasteiger partial charge in [-0.2, -0.15) is 0 Å². The fourth-order valence-electron chi connectivity index (χ4n) is 2.71. The van der Waals surface area contributed by atoms with Crippen LogP contribution in [0.25, 0.3) is 0 Å². The molecule has 1 aliphatic carbocycles. The van der Waals surface area contributed by atoms with Crippen molar-refractivity contribution in [2.45, 2.75) is 57.1 Å². The SMILES string of the molecule is CC(C)S(=O)(=O)[C@H](C)C(=O)N(CC1CC1)[C@H](C)c1ccccc1. The number of benzene rings is 1. The van der Waals surface area contributed by atoms with Crippen LogP contribution >= 0.6 is 0 Å². The van der Waals surface area contributed by atoms with E-state index in [1.54, 1.807) is 18.7 Å². The van der Waals surface area contributed by atoms with E-state index in [1.165, 1.54) is 6.92 Å². The molecular formula is C18H27NO3S. The molecule has 4 nitrogen and oxygen atoms in total. The third kappa shape index (κ3) is 4.14. The first-order valence-electron chi connectivity index (χ1n) is 8.33. The lowest BCUT2D eigenvalue weighted by molar-refractivity contribution is -0.132. The van der Waals surface area contributed by atoms with Gasteiger partial charge in [0.1, 0.15) is 5.25 Å². The number of hydrogen-bond donors (Lipinski definition) is 0. The summed E-state index contributed by atoms with van der Waals surface area (Å²) >= 11 is 0. The summed E-state index contributed by atoms with van der Waals surface area (Å²) in [7, 11) is -3.44. The zero-order valence-corrected chi connectivity index (χ0v) is 15.2. The van der Waals surface area contributed by atoms with Crippen LogP contribution in [0.5, 0.6) is 0 Å². The predicted molar refractivity (Wildman–Crippen MR) is 92.8 cm³/mol. The van der Waals surface area contributed by atoms with E-state index < -0.39 is 20.3 Å². The zero-order chi connectivity index (χ0) is 17.2. The molecule has 1 saturated carbocycles. The van der Waals surface area contributed by atoms with Gasteiger partial charge in [0.25, 0.3) is 0 Å². The van der Waals surface area contributed by atoms with Gasteiger partial charge in [-0.3, -0.25) is 4.79 Å². The Bertz CT molecular complexity index is 635. The monoisotopic (exact) mass is 337 g/mol.